The van der Waals surface area contributed by atoms with Gasteiger partial charge in [-0.25, -0.2) is 0 Å². The summed E-state index contributed by atoms with van der Waals surface area (Å²) in [6, 6.07) is 14.5. The molecule has 0 aliphatic carbocycles. The number of piperazine rings is 1. The smallest absolute Gasteiger partial charge is 0.172 e. The van der Waals surface area contributed by atoms with Gasteiger partial charge in [-0.1, -0.05) is 24.3 Å². The predicted octanol–water partition coefficient (Wildman–Crippen LogP) is 2.21. The lowest BCUT2D eigenvalue weighted by molar-refractivity contribution is 0.339. The fraction of sp³-hybridized carbons (Fsp3) is 0.333. The lowest BCUT2D eigenvalue weighted by atomic mass is 9.99. The summed E-state index contributed by atoms with van der Waals surface area (Å²) >= 11 is 0. The zero-order valence-corrected chi connectivity index (χ0v) is 12.4. The number of nitrogens with one attached hydrogen (secondary N) is 2. The number of benzene rings is 2. The van der Waals surface area contributed by atoms with E-state index in [-0.39, 0.29) is 5.75 Å². The number of aromatic hydroxyl groups is 1. The third-order valence-corrected chi connectivity index (χ3v) is 4.47. The zero-order valence-electron chi connectivity index (χ0n) is 12.4. The SMILES string of the molecule is Oc1cccc2c1Oc1ccc(cc1)CC1CNC(CN1)C2. The van der Waals surface area contributed by atoms with Crippen LogP contribution in [0.1, 0.15) is 11.1 Å². The van der Waals surface area contributed by atoms with Crippen LogP contribution in [-0.2, 0) is 12.8 Å². The molecule has 4 nitrogen and oxygen atoms in total. The second kappa shape index (κ2) is 5.63. The molecule has 2 atom stereocenters. The van der Waals surface area contributed by atoms with E-state index in [1.807, 2.05) is 24.3 Å². The van der Waals surface area contributed by atoms with Crippen molar-refractivity contribution < 1.29 is 9.84 Å². The van der Waals surface area contributed by atoms with Gasteiger partial charge in [0.1, 0.15) is 5.75 Å². The summed E-state index contributed by atoms with van der Waals surface area (Å²) in [5.41, 5.74) is 2.32. The van der Waals surface area contributed by atoms with Crippen LogP contribution >= 0.6 is 0 Å². The van der Waals surface area contributed by atoms with Crippen LogP contribution in [0.25, 0.3) is 0 Å². The molecule has 3 N–H and O–H groups in total. The molecule has 5 aliphatic rings. The first-order valence-corrected chi connectivity index (χ1v) is 7.82. The van der Waals surface area contributed by atoms with Crippen LogP contribution in [0.5, 0.6) is 17.2 Å². The monoisotopic (exact) mass is 296 g/mol. The number of rotatable bonds is 0. The molecule has 114 valence electrons. The Morgan fingerprint density at radius 1 is 0.909 bits per heavy atom. The van der Waals surface area contributed by atoms with Gasteiger partial charge in [-0.3, -0.25) is 0 Å². The molecule has 2 unspecified atom stereocenters. The number of para-hydroxylation sites is 1. The third-order valence-electron chi connectivity index (χ3n) is 4.47. The minimum absolute atomic E-state index is 0.193. The van der Waals surface area contributed by atoms with Gasteiger partial charge in [0.15, 0.2) is 11.5 Å². The number of hydrogen-bond acceptors (Lipinski definition) is 4. The Bertz CT molecular complexity index is 661. The number of ether oxygens (including phenoxy) is 1. The highest BCUT2D eigenvalue weighted by atomic mass is 16.5. The molecule has 0 saturated carbocycles. The Morgan fingerprint density at radius 3 is 2.36 bits per heavy atom. The van der Waals surface area contributed by atoms with E-state index >= 15 is 0 Å². The average Bonchev–Trinajstić information content (AvgIpc) is 2.57. The van der Waals surface area contributed by atoms with Crippen LogP contribution in [0, 0.1) is 0 Å². The van der Waals surface area contributed by atoms with Crippen LogP contribution in [0.2, 0.25) is 0 Å². The highest BCUT2D eigenvalue weighted by Gasteiger charge is 2.23. The van der Waals surface area contributed by atoms with Gasteiger partial charge in [-0.05, 0) is 36.6 Å². The van der Waals surface area contributed by atoms with Gasteiger partial charge in [-0.2, -0.15) is 0 Å². The maximum absolute atomic E-state index is 10.2. The molecule has 7 rings (SSSR count). The van der Waals surface area contributed by atoms with Gasteiger partial charge in [0.05, 0.1) is 0 Å². The van der Waals surface area contributed by atoms with Crippen LogP contribution in [0.4, 0.5) is 0 Å². The topological polar surface area (TPSA) is 53.5 Å². The molecule has 0 aromatic heterocycles. The lowest BCUT2D eigenvalue weighted by Crippen LogP contribution is -2.55. The molecule has 1 saturated heterocycles. The summed E-state index contributed by atoms with van der Waals surface area (Å²) in [4.78, 5) is 0. The van der Waals surface area contributed by atoms with E-state index in [9.17, 15) is 5.11 Å². The summed E-state index contributed by atoms with van der Waals surface area (Å²) in [6.45, 7) is 1.89. The maximum atomic E-state index is 10.2. The van der Waals surface area contributed by atoms with Crippen molar-refractivity contribution in [2.75, 3.05) is 13.1 Å². The van der Waals surface area contributed by atoms with Crippen molar-refractivity contribution in [3.05, 3.63) is 53.6 Å². The van der Waals surface area contributed by atoms with Crippen molar-refractivity contribution in [2.24, 2.45) is 0 Å². The Hall–Kier alpha value is -2.04. The van der Waals surface area contributed by atoms with Crippen molar-refractivity contribution in [2.45, 2.75) is 24.9 Å². The maximum Gasteiger partial charge on any atom is 0.172 e. The molecule has 2 aromatic rings. The van der Waals surface area contributed by atoms with E-state index < -0.39 is 0 Å². The second-order valence-electron chi connectivity index (χ2n) is 6.13. The number of hydrogen-bond donors (Lipinski definition) is 3. The summed E-state index contributed by atoms with van der Waals surface area (Å²) in [5.74, 6) is 1.52. The first kappa shape index (κ1) is 13.6. The van der Waals surface area contributed by atoms with Crippen molar-refractivity contribution in [1.82, 2.24) is 10.6 Å². The van der Waals surface area contributed by atoms with Gasteiger partial charge in [0.25, 0.3) is 0 Å². The Labute approximate surface area is 130 Å². The molecule has 1 fully saturated rings. The van der Waals surface area contributed by atoms with Gasteiger partial charge < -0.3 is 20.5 Å². The molecular weight excluding hydrogens is 276 g/mol. The van der Waals surface area contributed by atoms with E-state index in [0.717, 1.165) is 37.2 Å². The molecule has 4 bridgehead atoms. The fourth-order valence-corrected chi connectivity index (χ4v) is 3.26. The Morgan fingerprint density at radius 2 is 1.64 bits per heavy atom. The van der Waals surface area contributed by atoms with E-state index in [1.165, 1.54) is 5.56 Å². The highest BCUT2D eigenvalue weighted by Crippen LogP contribution is 2.35. The van der Waals surface area contributed by atoms with Gasteiger partial charge in [0, 0.05) is 30.7 Å². The van der Waals surface area contributed by atoms with E-state index in [0.29, 0.717) is 17.8 Å². The summed E-state index contributed by atoms with van der Waals surface area (Å²) in [7, 11) is 0. The molecule has 2 aromatic carbocycles. The van der Waals surface area contributed by atoms with Gasteiger partial charge >= 0.3 is 0 Å². The summed E-state index contributed by atoms with van der Waals surface area (Å²) in [5, 5.41) is 17.4. The molecule has 0 spiro atoms. The predicted molar refractivity (Wildman–Crippen MR) is 85.6 cm³/mol. The van der Waals surface area contributed by atoms with Crippen molar-refractivity contribution in [3.63, 3.8) is 0 Å². The highest BCUT2D eigenvalue weighted by molar-refractivity contribution is 5.48. The van der Waals surface area contributed by atoms with E-state index in [1.54, 1.807) is 6.07 Å². The number of phenols is 1. The zero-order chi connectivity index (χ0) is 14.9. The summed E-state index contributed by atoms with van der Waals surface area (Å²) in [6.07, 6.45) is 1.85. The minimum atomic E-state index is 0.193. The molecule has 4 heteroatoms. The fourth-order valence-electron chi connectivity index (χ4n) is 3.26. The standard InChI is InChI=1S/C18H20N2O2/c21-17-3-1-2-13-9-15-11-19-14(10-20-15)8-12-4-6-16(7-5-12)22-18(13)17/h1-7,14-15,19-21H,8-11H2. The lowest BCUT2D eigenvalue weighted by Gasteiger charge is -2.31. The van der Waals surface area contributed by atoms with Crippen molar-refractivity contribution in [1.29, 1.82) is 0 Å². The summed E-state index contributed by atoms with van der Waals surface area (Å²) < 4.78 is 5.97. The van der Waals surface area contributed by atoms with Gasteiger partial charge in [-0.15, -0.1) is 0 Å². The molecular formula is C18H20N2O2. The molecule has 5 heterocycles. The Balaban J connectivity index is 1.77. The third kappa shape index (κ3) is 2.67. The quantitative estimate of drug-likeness (QED) is 0.698. The van der Waals surface area contributed by atoms with Crippen molar-refractivity contribution >= 4 is 0 Å². The van der Waals surface area contributed by atoms with Crippen LogP contribution in [-0.4, -0.2) is 30.3 Å². The average molecular weight is 296 g/mol. The van der Waals surface area contributed by atoms with Crippen LogP contribution in [0.3, 0.4) is 0 Å². The molecule has 0 radical (unpaired) electrons. The van der Waals surface area contributed by atoms with Crippen LogP contribution in [0.15, 0.2) is 42.5 Å². The van der Waals surface area contributed by atoms with Crippen molar-refractivity contribution in [3.8, 4) is 17.2 Å². The molecule has 22 heavy (non-hydrogen) atoms. The normalized spacial score (nSPS) is 23.8. The first-order valence-electron chi connectivity index (χ1n) is 7.82. The van der Waals surface area contributed by atoms with Gasteiger partial charge in [0.2, 0.25) is 0 Å². The Kier molecular flexibility index (Phi) is 3.48. The molecule has 5 aliphatic heterocycles. The largest absolute Gasteiger partial charge is 0.504 e. The van der Waals surface area contributed by atoms with E-state index in [2.05, 4.69) is 22.8 Å². The minimum Gasteiger partial charge on any atom is -0.504 e. The first-order chi connectivity index (χ1) is 10.8. The van der Waals surface area contributed by atoms with E-state index in [4.69, 9.17) is 4.74 Å². The molecule has 0 amide bonds. The second-order valence-corrected chi connectivity index (χ2v) is 6.13. The van der Waals surface area contributed by atoms with Crippen LogP contribution < -0.4 is 15.4 Å². The number of phenolic OH excluding ortho intramolecular Hbond substituents is 1.